The van der Waals surface area contributed by atoms with Gasteiger partial charge in [0, 0.05) is 17.1 Å². The van der Waals surface area contributed by atoms with E-state index in [1.165, 1.54) is 0 Å². The zero-order valence-corrected chi connectivity index (χ0v) is 8.51. The Morgan fingerprint density at radius 2 is 1.88 bits per heavy atom. The monoisotopic (exact) mass is 210 g/mol. The zero-order valence-electron chi connectivity index (χ0n) is 8.51. The highest BCUT2D eigenvalue weighted by Crippen LogP contribution is 2.22. The summed E-state index contributed by atoms with van der Waals surface area (Å²) < 4.78 is 0. The van der Waals surface area contributed by atoms with Gasteiger partial charge in [0.15, 0.2) is 0 Å². The van der Waals surface area contributed by atoms with Gasteiger partial charge in [0.1, 0.15) is 5.82 Å². The Bertz CT molecular complexity index is 625. The van der Waals surface area contributed by atoms with Crippen LogP contribution in [0.4, 0.5) is 5.82 Å². The van der Waals surface area contributed by atoms with E-state index >= 15 is 0 Å². The van der Waals surface area contributed by atoms with E-state index in [0.29, 0.717) is 5.82 Å². The van der Waals surface area contributed by atoms with Gasteiger partial charge in [0.05, 0.1) is 11.7 Å². The maximum absolute atomic E-state index is 5.55. The van der Waals surface area contributed by atoms with Gasteiger partial charge < -0.3 is 5.73 Å². The first-order valence-electron chi connectivity index (χ1n) is 4.98. The number of hydrogen-bond donors (Lipinski definition) is 2. The molecule has 0 bridgehead atoms. The molecule has 0 radical (unpaired) electrons. The summed E-state index contributed by atoms with van der Waals surface area (Å²) in [7, 11) is 0. The van der Waals surface area contributed by atoms with E-state index < -0.39 is 0 Å². The average Bonchev–Trinajstić information content (AvgIpc) is 2.77. The summed E-state index contributed by atoms with van der Waals surface area (Å²) in [5, 5.41) is 8.00. The molecule has 0 aliphatic heterocycles. The first-order chi connectivity index (χ1) is 7.83. The minimum absolute atomic E-state index is 0.535. The predicted octanol–water partition coefficient (Wildman–Crippen LogP) is 2.21. The molecule has 0 saturated carbocycles. The molecule has 16 heavy (non-hydrogen) atoms. The van der Waals surface area contributed by atoms with Crippen molar-refractivity contribution in [1.29, 1.82) is 0 Å². The Morgan fingerprint density at radius 3 is 2.69 bits per heavy atom. The fraction of sp³-hybridized carbons (Fsp3) is 0. The molecule has 0 aliphatic rings. The maximum Gasteiger partial charge on any atom is 0.123 e. The van der Waals surface area contributed by atoms with Gasteiger partial charge in [0.2, 0.25) is 0 Å². The Balaban J connectivity index is 2.14. The number of hydrogen-bond acceptors (Lipinski definition) is 3. The van der Waals surface area contributed by atoms with Gasteiger partial charge in [-0.05, 0) is 29.8 Å². The van der Waals surface area contributed by atoms with E-state index in [1.807, 2.05) is 24.4 Å². The molecule has 0 spiro atoms. The van der Waals surface area contributed by atoms with Gasteiger partial charge in [-0.3, -0.25) is 5.10 Å². The van der Waals surface area contributed by atoms with Crippen molar-refractivity contribution < 1.29 is 0 Å². The van der Waals surface area contributed by atoms with Crippen LogP contribution in [0.3, 0.4) is 0 Å². The summed E-state index contributed by atoms with van der Waals surface area (Å²) in [6, 6.07) is 9.88. The highest BCUT2D eigenvalue weighted by Gasteiger charge is 2.01. The third-order valence-corrected chi connectivity index (χ3v) is 2.56. The number of benzene rings is 1. The van der Waals surface area contributed by atoms with Crippen molar-refractivity contribution in [2.75, 3.05) is 5.73 Å². The number of pyridine rings is 1. The molecule has 3 rings (SSSR count). The molecule has 0 amide bonds. The van der Waals surface area contributed by atoms with Crippen molar-refractivity contribution in [3.63, 3.8) is 0 Å². The minimum atomic E-state index is 0.535. The van der Waals surface area contributed by atoms with Gasteiger partial charge in [-0.15, -0.1) is 0 Å². The molecule has 4 heteroatoms. The number of nitrogen functional groups attached to an aromatic ring is 1. The van der Waals surface area contributed by atoms with E-state index in [-0.39, 0.29) is 0 Å². The quantitative estimate of drug-likeness (QED) is 0.647. The standard InChI is InChI=1S/C12H10N4/c13-12-4-2-9(6-14-12)8-1-3-11-10(5-8)7-15-16-11/h1-7H,(H2,13,14)(H,15,16). The Kier molecular flexibility index (Phi) is 1.86. The molecule has 3 N–H and O–H groups in total. The summed E-state index contributed by atoms with van der Waals surface area (Å²) in [6.07, 6.45) is 3.58. The third-order valence-electron chi connectivity index (χ3n) is 2.56. The van der Waals surface area contributed by atoms with Gasteiger partial charge in [-0.2, -0.15) is 5.10 Å². The van der Waals surface area contributed by atoms with Crippen LogP contribution < -0.4 is 5.73 Å². The number of nitrogens with zero attached hydrogens (tertiary/aromatic N) is 2. The molecular weight excluding hydrogens is 200 g/mol. The van der Waals surface area contributed by atoms with Crippen molar-refractivity contribution >= 4 is 16.7 Å². The molecule has 3 aromatic rings. The third kappa shape index (κ3) is 1.40. The lowest BCUT2D eigenvalue weighted by Crippen LogP contribution is -1.88. The Morgan fingerprint density at radius 1 is 1.00 bits per heavy atom. The van der Waals surface area contributed by atoms with Crippen LogP contribution in [0.5, 0.6) is 0 Å². The number of aromatic nitrogens is 3. The van der Waals surface area contributed by atoms with Crippen LogP contribution in [0.25, 0.3) is 22.0 Å². The zero-order chi connectivity index (χ0) is 11.0. The Labute approximate surface area is 92.1 Å². The summed E-state index contributed by atoms with van der Waals surface area (Å²) in [5.41, 5.74) is 8.75. The van der Waals surface area contributed by atoms with E-state index in [1.54, 1.807) is 12.3 Å². The summed E-state index contributed by atoms with van der Waals surface area (Å²) in [5.74, 6) is 0.535. The van der Waals surface area contributed by atoms with Crippen molar-refractivity contribution in [3.8, 4) is 11.1 Å². The number of anilines is 1. The number of nitrogens with one attached hydrogen (secondary N) is 1. The number of rotatable bonds is 1. The molecule has 2 heterocycles. The molecule has 0 aliphatic carbocycles. The second-order valence-corrected chi connectivity index (χ2v) is 3.64. The SMILES string of the molecule is Nc1ccc(-c2ccc3[nH]ncc3c2)cn1. The molecule has 1 aromatic carbocycles. The van der Waals surface area contributed by atoms with Crippen molar-refractivity contribution in [1.82, 2.24) is 15.2 Å². The first kappa shape index (κ1) is 8.91. The lowest BCUT2D eigenvalue weighted by molar-refractivity contribution is 1.12. The van der Waals surface area contributed by atoms with Gasteiger partial charge >= 0.3 is 0 Å². The smallest absolute Gasteiger partial charge is 0.123 e. The van der Waals surface area contributed by atoms with Gasteiger partial charge in [0.25, 0.3) is 0 Å². The van der Waals surface area contributed by atoms with Gasteiger partial charge in [-0.25, -0.2) is 4.98 Å². The lowest BCUT2D eigenvalue weighted by Gasteiger charge is -2.01. The topological polar surface area (TPSA) is 67.6 Å². The number of H-pyrrole nitrogens is 1. The normalized spacial score (nSPS) is 10.8. The molecule has 0 fully saturated rings. The summed E-state index contributed by atoms with van der Waals surface area (Å²) in [6.45, 7) is 0. The average molecular weight is 210 g/mol. The van der Waals surface area contributed by atoms with Crippen LogP contribution in [0, 0.1) is 0 Å². The predicted molar refractivity (Wildman–Crippen MR) is 63.7 cm³/mol. The maximum atomic E-state index is 5.55. The molecule has 2 aromatic heterocycles. The summed E-state index contributed by atoms with van der Waals surface area (Å²) in [4.78, 5) is 4.08. The van der Waals surface area contributed by atoms with E-state index in [4.69, 9.17) is 5.73 Å². The van der Waals surface area contributed by atoms with Crippen molar-refractivity contribution in [2.24, 2.45) is 0 Å². The number of fused-ring (bicyclic) bond motifs is 1. The Hall–Kier alpha value is -2.36. The van der Waals surface area contributed by atoms with Gasteiger partial charge in [-0.1, -0.05) is 6.07 Å². The fourth-order valence-electron chi connectivity index (χ4n) is 1.70. The molecule has 4 nitrogen and oxygen atoms in total. The minimum Gasteiger partial charge on any atom is -0.384 e. The van der Waals surface area contributed by atoms with Crippen LogP contribution in [0.1, 0.15) is 0 Å². The largest absolute Gasteiger partial charge is 0.384 e. The van der Waals surface area contributed by atoms with Crippen LogP contribution >= 0.6 is 0 Å². The molecule has 0 unspecified atom stereocenters. The van der Waals surface area contributed by atoms with Crippen LogP contribution in [-0.2, 0) is 0 Å². The van der Waals surface area contributed by atoms with Crippen molar-refractivity contribution in [2.45, 2.75) is 0 Å². The van der Waals surface area contributed by atoms with Crippen LogP contribution in [-0.4, -0.2) is 15.2 Å². The number of aromatic amines is 1. The second kappa shape index (κ2) is 3.34. The molecular formula is C12H10N4. The molecule has 0 atom stereocenters. The highest BCUT2D eigenvalue weighted by atomic mass is 15.1. The fourth-order valence-corrected chi connectivity index (χ4v) is 1.70. The van der Waals surface area contributed by atoms with E-state index in [2.05, 4.69) is 21.2 Å². The van der Waals surface area contributed by atoms with E-state index in [0.717, 1.165) is 22.0 Å². The van der Waals surface area contributed by atoms with E-state index in [9.17, 15) is 0 Å². The summed E-state index contributed by atoms with van der Waals surface area (Å²) >= 11 is 0. The molecule has 0 saturated heterocycles. The highest BCUT2D eigenvalue weighted by molar-refractivity contribution is 5.83. The van der Waals surface area contributed by atoms with Crippen LogP contribution in [0.2, 0.25) is 0 Å². The second-order valence-electron chi connectivity index (χ2n) is 3.64. The number of nitrogens with two attached hydrogens (primary N) is 1. The first-order valence-corrected chi connectivity index (χ1v) is 4.98. The van der Waals surface area contributed by atoms with Crippen LogP contribution in [0.15, 0.2) is 42.7 Å². The lowest BCUT2D eigenvalue weighted by atomic mass is 10.1. The van der Waals surface area contributed by atoms with Crippen molar-refractivity contribution in [3.05, 3.63) is 42.7 Å². The molecule has 78 valence electrons.